The van der Waals surface area contributed by atoms with Crippen molar-refractivity contribution in [3.63, 3.8) is 0 Å². The van der Waals surface area contributed by atoms with Gasteiger partial charge in [0.05, 0.1) is 24.0 Å². The van der Waals surface area contributed by atoms with Gasteiger partial charge in [0.2, 0.25) is 0 Å². The highest BCUT2D eigenvalue weighted by Gasteiger charge is 2.29. The molecule has 0 spiro atoms. The van der Waals surface area contributed by atoms with Crippen molar-refractivity contribution in [1.29, 1.82) is 0 Å². The third-order valence-electron chi connectivity index (χ3n) is 4.01. The predicted octanol–water partition coefficient (Wildman–Crippen LogP) is 6.84. The van der Waals surface area contributed by atoms with E-state index in [4.69, 9.17) is 4.42 Å². The Labute approximate surface area is 212 Å². The highest BCUT2D eigenvalue weighted by Crippen LogP contribution is 2.59. The molecule has 190 valence electrons. The Kier molecular flexibility index (Phi) is 12.4. The van der Waals surface area contributed by atoms with Gasteiger partial charge in [0.1, 0.15) is 11.5 Å². The first-order chi connectivity index (χ1) is 16.1. The molecule has 34 heavy (non-hydrogen) atoms. The summed E-state index contributed by atoms with van der Waals surface area (Å²) in [6, 6.07) is 3.76. The molecule has 12 heteroatoms. The van der Waals surface area contributed by atoms with Crippen molar-refractivity contribution in [3.8, 4) is 18.6 Å². The number of thiophene rings is 1. The number of nitrogens with one attached hydrogen (secondary N) is 2. The molecule has 0 saturated heterocycles. The van der Waals surface area contributed by atoms with Crippen molar-refractivity contribution in [2.45, 2.75) is 52.3 Å². The van der Waals surface area contributed by atoms with Gasteiger partial charge < -0.3 is 20.2 Å². The molecule has 0 radical (unpaired) electrons. The van der Waals surface area contributed by atoms with Crippen LogP contribution in [0.2, 0.25) is 0 Å². The van der Waals surface area contributed by atoms with Crippen molar-refractivity contribution in [2.75, 3.05) is 23.7 Å². The minimum Gasteiger partial charge on any atom is -0.503 e. The number of anilines is 3. The molecule has 0 aliphatic rings. The van der Waals surface area contributed by atoms with E-state index in [1.807, 2.05) is 32.9 Å². The summed E-state index contributed by atoms with van der Waals surface area (Å²) in [6.07, 6.45) is 8.00. The van der Waals surface area contributed by atoms with Crippen LogP contribution in [0.1, 0.15) is 46.1 Å². The van der Waals surface area contributed by atoms with E-state index >= 15 is 0 Å². The van der Waals surface area contributed by atoms with Gasteiger partial charge in [0, 0.05) is 18.5 Å². The van der Waals surface area contributed by atoms with Crippen LogP contribution in [0.5, 0.6) is 5.75 Å². The van der Waals surface area contributed by atoms with Gasteiger partial charge in [-0.15, -0.1) is 24.2 Å². The lowest BCUT2D eigenvalue weighted by atomic mass is 10.3. The number of terminal acetylenes is 1. The fraction of sp³-hybridized carbons (Fsp3) is 0.455. The van der Waals surface area contributed by atoms with Crippen LogP contribution in [0.15, 0.2) is 26.1 Å². The van der Waals surface area contributed by atoms with Gasteiger partial charge in [-0.25, -0.2) is 4.31 Å². The summed E-state index contributed by atoms with van der Waals surface area (Å²) in [5.41, 5.74) is 0.344. The van der Waals surface area contributed by atoms with Gasteiger partial charge in [0.25, 0.3) is 0 Å². The lowest BCUT2D eigenvalue weighted by molar-refractivity contribution is 0.363. The Morgan fingerprint density at radius 3 is 2.24 bits per heavy atom. The van der Waals surface area contributed by atoms with Gasteiger partial charge >= 0.3 is 0 Å². The summed E-state index contributed by atoms with van der Waals surface area (Å²) in [6.45, 7) is 13.4. The summed E-state index contributed by atoms with van der Waals surface area (Å²) < 4.78 is 36.7. The molecular weight excluding hydrogens is 494 g/mol. The molecular formula is C22H35N5O4S3. The Bertz CT molecular complexity index is 1010. The number of aryl methyl sites for hydroxylation is 1. The molecule has 3 aromatic heterocycles. The summed E-state index contributed by atoms with van der Waals surface area (Å²) in [4.78, 5) is 0. The van der Waals surface area contributed by atoms with Crippen molar-refractivity contribution in [2.24, 2.45) is 5.92 Å². The maximum atomic E-state index is 10.6. The second kappa shape index (κ2) is 14.2. The van der Waals surface area contributed by atoms with Gasteiger partial charge in [-0.2, -0.15) is 8.75 Å². The normalized spacial score (nSPS) is 11.4. The lowest BCUT2D eigenvalue weighted by Crippen LogP contribution is -2.26. The largest absolute Gasteiger partial charge is 0.503 e. The van der Waals surface area contributed by atoms with Gasteiger partial charge in [-0.05, 0) is 25.0 Å². The number of furan rings is 1. The second-order valence-corrected chi connectivity index (χ2v) is 11.2. The number of hydrogen-bond acceptors (Lipinski definition) is 11. The van der Waals surface area contributed by atoms with E-state index in [9.17, 15) is 14.2 Å². The Morgan fingerprint density at radius 1 is 1.12 bits per heavy atom. The zero-order valence-electron chi connectivity index (χ0n) is 20.4. The first kappa shape index (κ1) is 29.8. The molecule has 0 bridgehead atoms. The third-order valence-corrected chi connectivity index (χ3v) is 8.19. The minimum atomic E-state index is -3.24. The summed E-state index contributed by atoms with van der Waals surface area (Å²) in [7, 11) is -3.24. The predicted molar refractivity (Wildman–Crippen MR) is 144 cm³/mol. The summed E-state index contributed by atoms with van der Waals surface area (Å²) in [5, 5.41) is 18.3. The van der Waals surface area contributed by atoms with Crippen LogP contribution in [0.3, 0.4) is 0 Å². The summed E-state index contributed by atoms with van der Waals surface area (Å²) >= 11 is 2.11. The topological polar surface area (TPSA) is 127 Å². The first-order valence-electron chi connectivity index (χ1n) is 10.7. The maximum absolute atomic E-state index is 10.6. The van der Waals surface area contributed by atoms with Crippen LogP contribution >= 0.6 is 33.8 Å². The van der Waals surface area contributed by atoms with Crippen molar-refractivity contribution >= 4 is 51.2 Å². The number of hydrogen-bond donors (Lipinski definition) is 5. The standard InChI is InChI=1S/C16H23N5O4S3.C4H10.C2H2/c1-4-21(5-2)28(23,24)16-13(22)12(9-26-16)18-15-14(19-27-20-15)17-8-11-7-6-10(3)25-11;1-4(2)3;1-2/h6-7,9,22-24H,4-5,8H2,1-3H3,(H,17,19)(H,18,20);4H,1-3H3;1-2H. The average molecular weight is 530 g/mol. The monoisotopic (exact) mass is 529 g/mol. The molecule has 3 rings (SSSR count). The van der Waals surface area contributed by atoms with Gasteiger partial charge in [0.15, 0.2) is 21.6 Å². The number of aromatic nitrogens is 2. The van der Waals surface area contributed by atoms with Crippen LogP contribution in [0, 0.1) is 25.7 Å². The smallest absolute Gasteiger partial charge is 0.188 e. The number of nitrogens with zero attached hydrogens (tertiary/aromatic N) is 3. The van der Waals surface area contributed by atoms with E-state index < -0.39 is 10.8 Å². The molecule has 9 nitrogen and oxygen atoms in total. The fourth-order valence-electron chi connectivity index (χ4n) is 2.58. The molecule has 0 saturated carbocycles. The van der Waals surface area contributed by atoms with Crippen molar-refractivity contribution in [3.05, 3.63) is 29.0 Å². The van der Waals surface area contributed by atoms with Gasteiger partial charge in [-0.1, -0.05) is 45.4 Å². The second-order valence-electron chi connectivity index (χ2n) is 7.60. The van der Waals surface area contributed by atoms with E-state index in [2.05, 4.69) is 53.0 Å². The van der Waals surface area contributed by atoms with Crippen LogP contribution in [-0.2, 0) is 6.54 Å². The van der Waals surface area contributed by atoms with E-state index in [0.717, 1.165) is 40.5 Å². The van der Waals surface area contributed by atoms with Crippen LogP contribution in [0.4, 0.5) is 17.3 Å². The third kappa shape index (κ3) is 8.19. The lowest BCUT2D eigenvalue weighted by Gasteiger charge is -2.40. The van der Waals surface area contributed by atoms with Crippen LogP contribution in [0.25, 0.3) is 0 Å². The highest BCUT2D eigenvalue weighted by molar-refractivity contribution is 8.23. The number of aromatic hydroxyl groups is 1. The van der Waals surface area contributed by atoms with E-state index in [1.54, 1.807) is 5.38 Å². The molecule has 0 unspecified atom stereocenters. The van der Waals surface area contributed by atoms with Crippen LogP contribution in [-0.4, -0.2) is 40.4 Å². The molecule has 3 aromatic rings. The zero-order chi connectivity index (χ0) is 25.9. The fourth-order valence-corrected chi connectivity index (χ4v) is 5.99. The van der Waals surface area contributed by atoms with Crippen molar-refractivity contribution in [1.82, 2.24) is 13.1 Å². The van der Waals surface area contributed by atoms with E-state index in [-0.39, 0.29) is 9.96 Å². The molecule has 0 aliphatic carbocycles. The van der Waals surface area contributed by atoms with Gasteiger partial charge in [-0.3, -0.25) is 9.11 Å². The Balaban J connectivity index is 0.000000872. The number of rotatable bonds is 9. The van der Waals surface area contributed by atoms with E-state index in [1.165, 1.54) is 4.31 Å². The molecule has 0 amide bonds. The molecule has 0 aromatic carbocycles. The molecule has 0 aliphatic heterocycles. The molecule has 5 N–H and O–H groups in total. The highest BCUT2D eigenvalue weighted by atomic mass is 32.3. The average Bonchev–Trinajstić information content (AvgIpc) is 3.50. The van der Waals surface area contributed by atoms with E-state index in [0.29, 0.717) is 37.0 Å². The van der Waals surface area contributed by atoms with Crippen molar-refractivity contribution < 1.29 is 18.6 Å². The minimum absolute atomic E-state index is 0.127. The van der Waals surface area contributed by atoms with Crippen LogP contribution < -0.4 is 10.6 Å². The Morgan fingerprint density at radius 2 is 1.71 bits per heavy atom. The molecule has 0 fully saturated rings. The summed E-state index contributed by atoms with van der Waals surface area (Å²) in [5.74, 6) is 3.19. The molecule has 3 heterocycles. The molecule has 0 atom stereocenters. The maximum Gasteiger partial charge on any atom is 0.188 e. The zero-order valence-corrected chi connectivity index (χ0v) is 22.9. The SMILES string of the molecule is C#C.CC(C)C.CCN(CC)S(O)(O)c1scc(Nc2nsnc2NCc2ccc(C)o2)c1O. The quantitative estimate of drug-likeness (QED) is 0.189. The Hall–Kier alpha value is -2.27. The first-order valence-corrected chi connectivity index (χ1v) is 13.8.